The Labute approximate surface area is 64.7 Å². The molecule has 3 nitrogen and oxygen atoms in total. The molecule has 11 heavy (non-hydrogen) atoms. The Morgan fingerprint density at radius 3 is 2.64 bits per heavy atom. The maximum absolute atomic E-state index is 9.08. The number of phenolic OH excluding ortho intramolecular Hbond substituents is 1. The molecule has 1 rings (SSSR count). The first-order valence-corrected chi connectivity index (χ1v) is 3.15. The summed E-state index contributed by atoms with van der Waals surface area (Å²) in [5, 5.41) is 17.7. The number of hydrogen-bond donors (Lipinski definition) is 2. The lowest BCUT2D eigenvalue weighted by Gasteiger charge is -2.02. The molecule has 0 aromatic heterocycles. The van der Waals surface area contributed by atoms with Gasteiger partial charge in [0.2, 0.25) is 0 Å². The van der Waals surface area contributed by atoms with Gasteiger partial charge in [-0.3, -0.25) is 0 Å². The Kier molecular flexibility index (Phi) is 1.69. The number of aryl methyl sites for hydroxylation is 1. The smallest absolute Gasteiger partial charge is 0.139 e. The van der Waals surface area contributed by atoms with Crippen molar-refractivity contribution in [3.8, 4) is 11.8 Å². The maximum Gasteiger partial charge on any atom is 0.139 e. The van der Waals surface area contributed by atoms with Gasteiger partial charge >= 0.3 is 0 Å². The summed E-state index contributed by atoms with van der Waals surface area (Å²) in [6, 6.07) is 5.05. The van der Waals surface area contributed by atoms with Crippen LogP contribution in [0.3, 0.4) is 0 Å². The Morgan fingerprint density at radius 1 is 1.55 bits per heavy atom. The van der Waals surface area contributed by atoms with Crippen LogP contribution in [-0.2, 0) is 0 Å². The number of benzene rings is 1. The lowest BCUT2D eigenvalue weighted by molar-refractivity contribution is 0.477. The Hall–Kier alpha value is -1.69. The van der Waals surface area contributed by atoms with Gasteiger partial charge in [-0.25, -0.2) is 0 Å². The van der Waals surface area contributed by atoms with E-state index < -0.39 is 0 Å². The molecule has 0 atom stereocenters. The zero-order valence-electron chi connectivity index (χ0n) is 6.13. The molecular formula is C8H8N2O. The number of hydrogen-bond acceptors (Lipinski definition) is 3. The summed E-state index contributed by atoms with van der Waals surface area (Å²) in [6.45, 7) is 1.77. The van der Waals surface area contributed by atoms with E-state index in [0.29, 0.717) is 5.56 Å². The van der Waals surface area contributed by atoms with Crippen molar-refractivity contribution in [3.05, 3.63) is 23.3 Å². The van der Waals surface area contributed by atoms with E-state index >= 15 is 0 Å². The van der Waals surface area contributed by atoms with E-state index in [9.17, 15) is 0 Å². The van der Waals surface area contributed by atoms with Crippen LogP contribution in [-0.4, -0.2) is 5.11 Å². The Balaban J connectivity index is 3.44. The highest BCUT2D eigenvalue weighted by Gasteiger charge is 2.05. The third-order valence-corrected chi connectivity index (χ3v) is 1.54. The zero-order chi connectivity index (χ0) is 8.43. The molecule has 0 fully saturated rings. The van der Waals surface area contributed by atoms with E-state index in [-0.39, 0.29) is 11.4 Å². The average Bonchev–Trinajstić information content (AvgIpc) is 1.99. The van der Waals surface area contributed by atoms with Crippen LogP contribution in [0.5, 0.6) is 5.75 Å². The minimum Gasteiger partial charge on any atom is -0.506 e. The summed E-state index contributed by atoms with van der Waals surface area (Å²) in [7, 11) is 0. The largest absolute Gasteiger partial charge is 0.506 e. The van der Waals surface area contributed by atoms with E-state index in [2.05, 4.69) is 0 Å². The van der Waals surface area contributed by atoms with Crippen molar-refractivity contribution in [2.75, 3.05) is 5.73 Å². The molecular weight excluding hydrogens is 140 g/mol. The van der Waals surface area contributed by atoms with Gasteiger partial charge in [0.05, 0.1) is 11.3 Å². The molecule has 1 aromatic rings. The van der Waals surface area contributed by atoms with Gasteiger partial charge in [0.1, 0.15) is 11.8 Å². The maximum atomic E-state index is 9.08. The Morgan fingerprint density at radius 2 is 2.18 bits per heavy atom. The molecule has 3 heteroatoms. The summed E-state index contributed by atoms with van der Waals surface area (Å²) >= 11 is 0. The first-order chi connectivity index (χ1) is 5.16. The summed E-state index contributed by atoms with van der Waals surface area (Å²) < 4.78 is 0. The van der Waals surface area contributed by atoms with E-state index in [0.717, 1.165) is 5.56 Å². The first-order valence-electron chi connectivity index (χ1n) is 3.15. The number of aromatic hydroxyl groups is 1. The lowest BCUT2D eigenvalue weighted by Crippen LogP contribution is -1.93. The molecule has 0 aliphatic heterocycles. The highest BCUT2D eigenvalue weighted by molar-refractivity contribution is 5.65. The molecule has 1 aromatic carbocycles. The molecule has 0 aliphatic rings. The van der Waals surface area contributed by atoms with Crippen LogP contribution in [0.15, 0.2) is 12.1 Å². The second-order valence-electron chi connectivity index (χ2n) is 2.30. The summed E-state index contributed by atoms with van der Waals surface area (Å²) in [4.78, 5) is 0. The number of phenols is 1. The van der Waals surface area contributed by atoms with Crippen molar-refractivity contribution >= 4 is 5.69 Å². The normalized spacial score (nSPS) is 9.09. The van der Waals surface area contributed by atoms with Gasteiger partial charge in [0.25, 0.3) is 0 Å². The highest BCUT2D eigenvalue weighted by Crippen LogP contribution is 2.25. The Bertz CT molecular complexity index is 326. The van der Waals surface area contributed by atoms with E-state index in [4.69, 9.17) is 16.1 Å². The van der Waals surface area contributed by atoms with Gasteiger partial charge in [-0.1, -0.05) is 6.07 Å². The van der Waals surface area contributed by atoms with Crippen LogP contribution < -0.4 is 5.73 Å². The molecule has 0 bridgehead atoms. The number of nitrogens with two attached hydrogens (primary N) is 1. The van der Waals surface area contributed by atoms with Gasteiger partial charge in [0.15, 0.2) is 0 Å². The summed E-state index contributed by atoms with van der Waals surface area (Å²) in [5.41, 5.74) is 6.71. The van der Waals surface area contributed by atoms with Crippen LogP contribution >= 0.6 is 0 Å². The van der Waals surface area contributed by atoms with Crippen LogP contribution in [0.4, 0.5) is 5.69 Å². The third-order valence-electron chi connectivity index (χ3n) is 1.54. The van der Waals surface area contributed by atoms with Crippen molar-refractivity contribution < 1.29 is 5.11 Å². The highest BCUT2D eigenvalue weighted by atomic mass is 16.3. The standard InChI is InChI=1S/C8H8N2O/c1-5-2-3-7(11)8(10)6(5)4-9/h2-3,11H,10H2,1H3. The third kappa shape index (κ3) is 1.10. The lowest BCUT2D eigenvalue weighted by atomic mass is 10.1. The molecule has 0 aliphatic carbocycles. The number of nitrogen functional groups attached to an aromatic ring is 1. The monoisotopic (exact) mass is 148 g/mol. The minimum absolute atomic E-state index is 0.0350. The quantitative estimate of drug-likeness (QED) is 0.428. The van der Waals surface area contributed by atoms with Gasteiger partial charge < -0.3 is 10.8 Å². The molecule has 56 valence electrons. The molecule has 0 heterocycles. The predicted octanol–water partition coefficient (Wildman–Crippen LogP) is 1.15. The molecule has 0 radical (unpaired) electrons. The van der Waals surface area contributed by atoms with E-state index in [1.165, 1.54) is 6.07 Å². The topological polar surface area (TPSA) is 70.0 Å². The SMILES string of the molecule is Cc1ccc(O)c(N)c1C#N. The molecule has 0 saturated carbocycles. The van der Waals surface area contributed by atoms with Crippen molar-refractivity contribution in [3.63, 3.8) is 0 Å². The molecule has 0 amide bonds. The predicted molar refractivity (Wildman–Crippen MR) is 42.0 cm³/mol. The van der Waals surface area contributed by atoms with Gasteiger partial charge in [-0.05, 0) is 18.6 Å². The second-order valence-corrected chi connectivity index (χ2v) is 2.30. The number of nitrogens with zero attached hydrogens (tertiary/aromatic N) is 1. The molecule has 0 spiro atoms. The summed E-state index contributed by atoms with van der Waals surface area (Å²) in [5.74, 6) is -0.0350. The van der Waals surface area contributed by atoms with E-state index in [1.54, 1.807) is 13.0 Å². The van der Waals surface area contributed by atoms with E-state index in [1.807, 2.05) is 6.07 Å². The molecule has 0 saturated heterocycles. The van der Waals surface area contributed by atoms with Crippen LogP contribution in [0.1, 0.15) is 11.1 Å². The fourth-order valence-electron chi connectivity index (χ4n) is 0.866. The fraction of sp³-hybridized carbons (Fsp3) is 0.125. The van der Waals surface area contributed by atoms with Crippen molar-refractivity contribution in [2.45, 2.75) is 6.92 Å². The zero-order valence-corrected chi connectivity index (χ0v) is 6.13. The van der Waals surface area contributed by atoms with Gasteiger partial charge in [-0.2, -0.15) is 5.26 Å². The van der Waals surface area contributed by atoms with Crippen LogP contribution in [0.2, 0.25) is 0 Å². The minimum atomic E-state index is -0.0350. The number of anilines is 1. The number of rotatable bonds is 0. The summed E-state index contributed by atoms with van der Waals surface area (Å²) in [6.07, 6.45) is 0. The number of nitriles is 1. The van der Waals surface area contributed by atoms with Crippen molar-refractivity contribution in [1.82, 2.24) is 0 Å². The fourth-order valence-corrected chi connectivity index (χ4v) is 0.866. The van der Waals surface area contributed by atoms with Crippen LogP contribution in [0, 0.1) is 18.3 Å². The van der Waals surface area contributed by atoms with Crippen LogP contribution in [0.25, 0.3) is 0 Å². The molecule has 0 unspecified atom stereocenters. The molecule has 3 N–H and O–H groups in total. The first kappa shape index (κ1) is 7.42. The average molecular weight is 148 g/mol. The second kappa shape index (κ2) is 2.51. The van der Waals surface area contributed by atoms with Crippen molar-refractivity contribution in [2.24, 2.45) is 0 Å². The van der Waals surface area contributed by atoms with Gasteiger partial charge in [-0.15, -0.1) is 0 Å². The van der Waals surface area contributed by atoms with Gasteiger partial charge in [0, 0.05) is 0 Å². The van der Waals surface area contributed by atoms with Crippen molar-refractivity contribution in [1.29, 1.82) is 5.26 Å².